The van der Waals surface area contributed by atoms with E-state index < -0.39 is 18.3 Å². The Hall–Kier alpha value is -4.65. The molecule has 0 saturated carbocycles. The van der Waals surface area contributed by atoms with E-state index >= 15 is 0 Å². The van der Waals surface area contributed by atoms with E-state index in [1.165, 1.54) is 16.7 Å². The highest BCUT2D eigenvalue weighted by Gasteiger charge is 2.39. The summed E-state index contributed by atoms with van der Waals surface area (Å²) in [6, 6.07) is 41.5. The summed E-state index contributed by atoms with van der Waals surface area (Å²) in [5, 5.41) is 14.7. The summed E-state index contributed by atoms with van der Waals surface area (Å²) >= 11 is 0. The molecule has 0 aliphatic heterocycles. The fourth-order valence-electron chi connectivity index (χ4n) is 8.10. The predicted octanol–water partition coefficient (Wildman–Crippen LogP) is 12.3. The molecular formula is C55H77N3O6SSi. The van der Waals surface area contributed by atoms with Gasteiger partial charge in [0.1, 0.15) is 23.9 Å². The van der Waals surface area contributed by atoms with Crippen molar-refractivity contribution in [1.29, 1.82) is 0 Å². The number of unbranched alkanes of at least 4 members (excludes halogenated alkanes) is 1. The quantitative estimate of drug-likeness (QED) is 0.0372. The van der Waals surface area contributed by atoms with Gasteiger partial charge in [-0.25, -0.2) is 8.42 Å². The summed E-state index contributed by atoms with van der Waals surface area (Å²) in [5.74, 6) is 1.80. The standard InChI is InChI=1S/C55H77N3O6SSi/c1-41(2)58(42(3)4)35-33-49(46-22-15-12-16-23-46)50-37-44(26-30-52(50)59)19-17-18-36-62-48-28-24-43(25-29-48)32-34-56-39-54(64-66(9,10)55(5,6)7)47-27-31-53(51(38-47)57-65(8,60)61)63-40-45-20-13-11-14-21-45/h11-16,20-31,37-38,41-42,49,54,56-57,59H,17-19,32-36,39-40H2,1-10H3. The molecule has 9 nitrogen and oxygen atoms in total. The highest BCUT2D eigenvalue weighted by Crippen LogP contribution is 2.41. The average molecular weight is 936 g/mol. The van der Waals surface area contributed by atoms with Crippen molar-refractivity contribution >= 4 is 24.0 Å². The van der Waals surface area contributed by atoms with Crippen LogP contribution in [0.2, 0.25) is 18.1 Å². The molecule has 0 aliphatic carbocycles. The normalized spacial score (nSPS) is 13.3. The molecule has 2 atom stereocenters. The van der Waals surface area contributed by atoms with Crippen molar-refractivity contribution in [1.82, 2.24) is 10.2 Å². The molecule has 0 aliphatic rings. The summed E-state index contributed by atoms with van der Waals surface area (Å²) in [6.07, 6.45) is 5.44. The fourth-order valence-corrected chi connectivity index (χ4v) is 9.95. The van der Waals surface area contributed by atoms with Gasteiger partial charge in [0.25, 0.3) is 0 Å². The van der Waals surface area contributed by atoms with Crippen LogP contribution in [0, 0.1) is 0 Å². The van der Waals surface area contributed by atoms with Gasteiger partial charge < -0.3 is 24.3 Å². The van der Waals surface area contributed by atoms with Crippen LogP contribution in [0.1, 0.15) is 113 Å². The Morgan fingerprint density at radius 2 is 1.38 bits per heavy atom. The van der Waals surface area contributed by atoms with E-state index in [2.05, 4.69) is 131 Å². The number of ether oxygens (including phenoxy) is 2. The van der Waals surface area contributed by atoms with E-state index in [0.29, 0.717) is 49.0 Å². The number of nitrogens with one attached hydrogen (secondary N) is 2. The first-order chi connectivity index (χ1) is 31.3. The highest BCUT2D eigenvalue weighted by atomic mass is 32.2. The van der Waals surface area contributed by atoms with Gasteiger partial charge in [-0.05, 0) is 149 Å². The lowest BCUT2D eigenvalue weighted by Gasteiger charge is -2.39. The van der Waals surface area contributed by atoms with Gasteiger partial charge in [-0.1, -0.05) is 112 Å². The van der Waals surface area contributed by atoms with E-state index in [9.17, 15) is 13.5 Å². The van der Waals surface area contributed by atoms with Gasteiger partial charge in [0, 0.05) is 30.1 Å². The third-order valence-corrected chi connectivity index (χ3v) is 17.9. The molecule has 0 radical (unpaired) electrons. The van der Waals surface area contributed by atoms with Crippen LogP contribution in [0.5, 0.6) is 17.2 Å². The first-order valence-electron chi connectivity index (χ1n) is 23.8. The number of benzene rings is 5. The van der Waals surface area contributed by atoms with Gasteiger partial charge in [0.05, 0.1) is 24.7 Å². The monoisotopic (exact) mass is 936 g/mol. The van der Waals surface area contributed by atoms with Crippen molar-refractivity contribution in [3.05, 3.63) is 155 Å². The third-order valence-electron chi connectivity index (χ3n) is 12.8. The lowest BCUT2D eigenvalue weighted by Crippen LogP contribution is -2.43. The van der Waals surface area contributed by atoms with Crippen LogP contribution >= 0.6 is 0 Å². The van der Waals surface area contributed by atoms with E-state index in [4.69, 9.17) is 13.9 Å². The topological polar surface area (TPSA) is 109 Å². The number of sulfonamides is 1. The number of nitrogens with zero attached hydrogens (tertiary/aromatic N) is 1. The lowest BCUT2D eigenvalue weighted by molar-refractivity contribution is 0.170. The average Bonchev–Trinajstić information content (AvgIpc) is 3.26. The number of rotatable bonds is 26. The van der Waals surface area contributed by atoms with Crippen molar-refractivity contribution in [3.63, 3.8) is 0 Å². The molecule has 0 fully saturated rings. The minimum absolute atomic E-state index is 0.0194. The third kappa shape index (κ3) is 16.3. The van der Waals surface area contributed by atoms with Crippen molar-refractivity contribution in [3.8, 4) is 17.2 Å². The Morgan fingerprint density at radius 1 is 0.727 bits per heavy atom. The molecule has 0 saturated heterocycles. The summed E-state index contributed by atoms with van der Waals surface area (Å²) in [5.41, 5.74) is 6.94. The van der Waals surface area contributed by atoms with Crippen LogP contribution in [0.25, 0.3) is 0 Å². The SMILES string of the molecule is CC(C)N(CCC(c1ccccc1)c1cc(CCCCOc2ccc(CCNCC(O[Si](C)(C)C(C)(C)C)c3ccc(OCc4ccccc4)c(NS(C)(=O)=O)c3)cc2)ccc1O)C(C)C. The molecule has 2 unspecified atom stereocenters. The predicted molar refractivity (Wildman–Crippen MR) is 276 cm³/mol. The van der Waals surface area contributed by atoms with Gasteiger partial charge in [-0.2, -0.15) is 0 Å². The largest absolute Gasteiger partial charge is 0.508 e. The lowest BCUT2D eigenvalue weighted by atomic mass is 9.86. The molecule has 0 bridgehead atoms. The van der Waals surface area contributed by atoms with Gasteiger partial charge in [0.2, 0.25) is 10.0 Å². The maximum atomic E-state index is 12.5. The Labute approximate surface area is 398 Å². The maximum absolute atomic E-state index is 12.5. The van der Waals surface area contributed by atoms with Crippen LogP contribution in [-0.2, 0) is 33.9 Å². The van der Waals surface area contributed by atoms with Crippen LogP contribution in [0.3, 0.4) is 0 Å². The van der Waals surface area contributed by atoms with Gasteiger partial charge in [-0.15, -0.1) is 0 Å². The van der Waals surface area contributed by atoms with E-state index in [0.717, 1.165) is 73.9 Å². The zero-order valence-corrected chi connectivity index (χ0v) is 43.1. The van der Waals surface area contributed by atoms with Crippen LogP contribution in [-0.4, -0.2) is 71.3 Å². The molecule has 0 aromatic heterocycles. The number of phenolic OH excluding ortho intramolecular Hbond substituents is 1. The van der Waals surface area contributed by atoms with Crippen molar-refractivity contribution in [2.24, 2.45) is 0 Å². The van der Waals surface area contributed by atoms with Gasteiger partial charge >= 0.3 is 0 Å². The molecule has 66 heavy (non-hydrogen) atoms. The van der Waals surface area contributed by atoms with Crippen LogP contribution in [0.4, 0.5) is 5.69 Å². The Bertz CT molecular complexity index is 2330. The van der Waals surface area contributed by atoms with Crippen molar-refractivity contribution in [2.75, 3.05) is 37.2 Å². The van der Waals surface area contributed by atoms with Crippen LogP contribution in [0.15, 0.2) is 121 Å². The number of anilines is 1. The molecular weight excluding hydrogens is 859 g/mol. The molecule has 5 aromatic rings. The fraction of sp³-hybridized carbons (Fsp3) is 0.455. The Balaban J connectivity index is 1.13. The number of phenols is 1. The summed E-state index contributed by atoms with van der Waals surface area (Å²) in [4.78, 5) is 2.53. The van der Waals surface area contributed by atoms with Gasteiger partial charge in [-0.3, -0.25) is 9.62 Å². The van der Waals surface area contributed by atoms with E-state index in [1.54, 1.807) is 0 Å². The molecule has 5 aromatic carbocycles. The molecule has 0 heterocycles. The van der Waals surface area contributed by atoms with E-state index in [-0.39, 0.29) is 17.1 Å². The maximum Gasteiger partial charge on any atom is 0.229 e. The van der Waals surface area contributed by atoms with Crippen molar-refractivity contribution < 1.29 is 27.4 Å². The molecule has 0 amide bonds. The molecule has 11 heteroatoms. The van der Waals surface area contributed by atoms with Crippen molar-refractivity contribution in [2.45, 2.75) is 129 Å². The highest BCUT2D eigenvalue weighted by molar-refractivity contribution is 7.92. The first kappa shape index (κ1) is 52.3. The second-order valence-electron chi connectivity index (χ2n) is 19.7. The minimum atomic E-state index is -3.57. The Kier molecular flexibility index (Phi) is 19.3. The smallest absolute Gasteiger partial charge is 0.229 e. The zero-order chi connectivity index (χ0) is 47.9. The molecule has 358 valence electrons. The Morgan fingerprint density at radius 3 is 2.02 bits per heavy atom. The molecule has 0 spiro atoms. The number of hydrogen-bond acceptors (Lipinski definition) is 8. The van der Waals surface area contributed by atoms with Gasteiger partial charge in [0.15, 0.2) is 8.32 Å². The number of aromatic hydroxyl groups is 1. The zero-order valence-electron chi connectivity index (χ0n) is 41.3. The van der Waals surface area contributed by atoms with E-state index in [1.807, 2.05) is 66.7 Å². The minimum Gasteiger partial charge on any atom is -0.508 e. The second kappa shape index (κ2) is 24.4. The second-order valence-corrected chi connectivity index (χ2v) is 26.2. The van der Waals surface area contributed by atoms with Crippen LogP contribution < -0.4 is 19.5 Å². The summed E-state index contributed by atoms with van der Waals surface area (Å²) < 4.78 is 46.9. The number of aryl methyl sites for hydroxylation is 1. The molecule has 5 rings (SSSR count). The number of hydrogen-bond donors (Lipinski definition) is 3. The summed E-state index contributed by atoms with van der Waals surface area (Å²) in [6.45, 7) is 23.4. The summed E-state index contributed by atoms with van der Waals surface area (Å²) in [7, 11) is -5.79. The molecule has 3 N–H and O–H groups in total. The first-order valence-corrected chi connectivity index (χ1v) is 28.6.